The standard InChI is InChI=1S/C9H17O2/c1-5-8(4)11-9(10)6-7(2)3/h5,7-8H,6H2,1-4H3. The van der Waals surface area contributed by atoms with Crippen LogP contribution >= 0.6 is 0 Å². The Labute approximate surface area is 68.9 Å². The van der Waals surface area contributed by atoms with E-state index in [1.807, 2.05) is 34.1 Å². The lowest BCUT2D eigenvalue weighted by molar-refractivity contribution is -0.147. The fourth-order valence-electron chi connectivity index (χ4n) is 0.657. The molecule has 0 aliphatic heterocycles. The zero-order valence-corrected chi connectivity index (χ0v) is 7.76. The predicted octanol–water partition coefficient (Wildman–Crippen LogP) is 2.19. The lowest BCUT2D eigenvalue weighted by Gasteiger charge is -2.11. The molecule has 65 valence electrons. The minimum Gasteiger partial charge on any atom is -0.462 e. The zero-order chi connectivity index (χ0) is 8.85. The fraction of sp³-hybridized carbons (Fsp3) is 0.778. The van der Waals surface area contributed by atoms with Gasteiger partial charge in [0.15, 0.2) is 0 Å². The van der Waals surface area contributed by atoms with Gasteiger partial charge in [-0.25, -0.2) is 0 Å². The molecule has 0 spiro atoms. The molecule has 1 unspecified atom stereocenters. The van der Waals surface area contributed by atoms with Gasteiger partial charge in [0.1, 0.15) is 6.10 Å². The van der Waals surface area contributed by atoms with Gasteiger partial charge in [0.25, 0.3) is 0 Å². The van der Waals surface area contributed by atoms with Crippen molar-refractivity contribution in [1.82, 2.24) is 0 Å². The van der Waals surface area contributed by atoms with Crippen LogP contribution in [-0.4, -0.2) is 12.1 Å². The monoisotopic (exact) mass is 157 g/mol. The second kappa shape index (κ2) is 5.16. The molecule has 0 fully saturated rings. The maximum atomic E-state index is 11.0. The highest BCUT2D eigenvalue weighted by Crippen LogP contribution is 2.04. The van der Waals surface area contributed by atoms with E-state index >= 15 is 0 Å². The maximum absolute atomic E-state index is 11.0. The van der Waals surface area contributed by atoms with Gasteiger partial charge in [0.2, 0.25) is 0 Å². The first-order valence-electron chi connectivity index (χ1n) is 4.05. The minimum atomic E-state index is -0.106. The van der Waals surface area contributed by atoms with Crippen LogP contribution in [0.5, 0.6) is 0 Å². The summed E-state index contributed by atoms with van der Waals surface area (Å²) in [6.45, 7) is 7.74. The Kier molecular flexibility index (Phi) is 4.92. The normalized spacial score (nSPS) is 13.2. The van der Waals surface area contributed by atoms with E-state index < -0.39 is 0 Å². The van der Waals surface area contributed by atoms with Crippen molar-refractivity contribution in [1.29, 1.82) is 0 Å². The van der Waals surface area contributed by atoms with Crippen molar-refractivity contribution in [3.8, 4) is 0 Å². The molecule has 0 saturated heterocycles. The summed E-state index contributed by atoms with van der Waals surface area (Å²) >= 11 is 0. The van der Waals surface area contributed by atoms with E-state index in [9.17, 15) is 4.79 Å². The van der Waals surface area contributed by atoms with Gasteiger partial charge in [-0.2, -0.15) is 0 Å². The smallest absolute Gasteiger partial charge is 0.306 e. The largest absolute Gasteiger partial charge is 0.462 e. The zero-order valence-electron chi connectivity index (χ0n) is 7.76. The van der Waals surface area contributed by atoms with Gasteiger partial charge in [-0.15, -0.1) is 0 Å². The summed E-state index contributed by atoms with van der Waals surface area (Å²) in [5, 5.41) is 0. The van der Waals surface area contributed by atoms with Gasteiger partial charge in [-0.1, -0.05) is 20.8 Å². The van der Waals surface area contributed by atoms with Gasteiger partial charge in [-0.3, -0.25) is 4.79 Å². The quantitative estimate of drug-likeness (QED) is 0.585. The molecule has 0 heterocycles. The van der Waals surface area contributed by atoms with E-state index in [4.69, 9.17) is 4.74 Å². The van der Waals surface area contributed by atoms with Crippen LogP contribution in [0.2, 0.25) is 0 Å². The summed E-state index contributed by atoms with van der Waals surface area (Å²) in [5.41, 5.74) is 0. The summed E-state index contributed by atoms with van der Waals surface area (Å²) in [4.78, 5) is 11.0. The Morgan fingerprint density at radius 2 is 2.00 bits per heavy atom. The van der Waals surface area contributed by atoms with Crippen LogP contribution in [-0.2, 0) is 9.53 Å². The van der Waals surface area contributed by atoms with Crippen LogP contribution in [0.1, 0.15) is 34.1 Å². The Morgan fingerprint density at radius 1 is 1.45 bits per heavy atom. The summed E-state index contributed by atoms with van der Waals surface area (Å²) in [6.07, 6.45) is 2.32. The van der Waals surface area contributed by atoms with Gasteiger partial charge in [0, 0.05) is 6.42 Å². The predicted molar refractivity (Wildman–Crippen MR) is 45.0 cm³/mol. The SMILES string of the molecule is C[CH]C(C)OC(=O)CC(C)C. The van der Waals surface area contributed by atoms with Crippen molar-refractivity contribution in [2.24, 2.45) is 5.92 Å². The van der Waals surface area contributed by atoms with Gasteiger partial charge < -0.3 is 4.74 Å². The topological polar surface area (TPSA) is 26.3 Å². The average molecular weight is 157 g/mol. The van der Waals surface area contributed by atoms with Crippen molar-refractivity contribution < 1.29 is 9.53 Å². The van der Waals surface area contributed by atoms with Gasteiger partial charge in [0.05, 0.1) is 0 Å². The van der Waals surface area contributed by atoms with Gasteiger partial charge in [-0.05, 0) is 19.3 Å². The highest BCUT2D eigenvalue weighted by Gasteiger charge is 2.08. The van der Waals surface area contributed by atoms with E-state index in [1.165, 1.54) is 0 Å². The van der Waals surface area contributed by atoms with Gasteiger partial charge >= 0.3 is 5.97 Å². The van der Waals surface area contributed by atoms with Crippen LogP contribution in [0.4, 0.5) is 0 Å². The third-order valence-electron chi connectivity index (χ3n) is 1.36. The first kappa shape index (κ1) is 10.5. The maximum Gasteiger partial charge on any atom is 0.306 e. The third kappa shape index (κ3) is 5.89. The Bertz CT molecular complexity index is 119. The Hall–Kier alpha value is -0.530. The van der Waals surface area contributed by atoms with Crippen molar-refractivity contribution >= 4 is 5.97 Å². The van der Waals surface area contributed by atoms with Crippen LogP contribution in [0.25, 0.3) is 0 Å². The number of rotatable bonds is 4. The molecule has 1 radical (unpaired) electrons. The molecule has 0 aromatic heterocycles. The molecule has 0 saturated carbocycles. The lowest BCUT2D eigenvalue weighted by atomic mass is 10.1. The molecular formula is C9H17O2. The van der Waals surface area contributed by atoms with Crippen LogP contribution in [0.3, 0.4) is 0 Å². The number of carbonyl (C=O) groups is 1. The van der Waals surface area contributed by atoms with E-state index in [0.717, 1.165) is 0 Å². The Balaban J connectivity index is 3.52. The van der Waals surface area contributed by atoms with Crippen LogP contribution in [0, 0.1) is 12.3 Å². The molecule has 0 amide bonds. The minimum absolute atomic E-state index is 0.0544. The molecule has 0 rings (SSSR count). The van der Waals surface area contributed by atoms with E-state index in [0.29, 0.717) is 12.3 Å². The van der Waals surface area contributed by atoms with Crippen LogP contribution in [0.15, 0.2) is 0 Å². The molecule has 0 bridgehead atoms. The molecule has 11 heavy (non-hydrogen) atoms. The first-order chi connectivity index (χ1) is 5.06. The molecule has 0 aliphatic rings. The van der Waals surface area contributed by atoms with E-state index in [2.05, 4.69) is 0 Å². The molecule has 2 heteroatoms. The average Bonchev–Trinajstić information content (AvgIpc) is 1.85. The Morgan fingerprint density at radius 3 is 2.36 bits per heavy atom. The van der Waals surface area contributed by atoms with Crippen molar-refractivity contribution in [2.45, 2.75) is 40.2 Å². The highest BCUT2D eigenvalue weighted by molar-refractivity contribution is 5.69. The second-order valence-corrected chi connectivity index (χ2v) is 3.13. The first-order valence-corrected chi connectivity index (χ1v) is 4.05. The molecule has 2 nitrogen and oxygen atoms in total. The van der Waals surface area contributed by atoms with E-state index in [1.54, 1.807) is 0 Å². The second-order valence-electron chi connectivity index (χ2n) is 3.13. The number of hydrogen-bond donors (Lipinski definition) is 0. The summed E-state index contributed by atoms with van der Waals surface area (Å²) in [7, 11) is 0. The molecule has 0 aromatic rings. The summed E-state index contributed by atoms with van der Waals surface area (Å²) < 4.78 is 5.02. The number of carbonyl (C=O) groups excluding carboxylic acids is 1. The van der Waals surface area contributed by atoms with Crippen molar-refractivity contribution in [2.75, 3.05) is 0 Å². The third-order valence-corrected chi connectivity index (χ3v) is 1.36. The van der Waals surface area contributed by atoms with E-state index in [-0.39, 0.29) is 12.1 Å². The number of esters is 1. The number of hydrogen-bond acceptors (Lipinski definition) is 2. The summed E-state index contributed by atoms with van der Waals surface area (Å²) in [6, 6.07) is 0. The molecule has 1 atom stereocenters. The molecular weight excluding hydrogens is 140 g/mol. The number of ether oxygens (including phenoxy) is 1. The van der Waals surface area contributed by atoms with Crippen molar-refractivity contribution in [3.63, 3.8) is 0 Å². The summed E-state index contributed by atoms with van der Waals surface area (Å²) in [5.74, 6) is 0.275. The highest BCUT2D eigenvalue weighted by atomic mass is 16.5. The van der Waals surface area contributed by atoms with Crippen molar-refractivity contribution in [3.05, 3.63) is 6.42 Å². The van der Waals surface area contributed by atoms with Crippen LogP contribution < -0.4 is 0 Å². The molecule has 0 aromatic carbocycles. The molecule has 0 N–H and O–H groups in total. The lowest BCUT2D eigenvalue weighted by Crippen LogP contribution is -2.15. The molecule has 0 aliphatic carbocycles. The fourth-order valence-corrected chi connectivity index (χ4v) is 0.657.